The SMILES string of the molecule is CSc1nn(-c2c3c(nc4ccccc24)CCCC3)c2ncn3c(=O)c4ccccc4nc3c12. The number of benzene rings is 2. The number of thioether (sulfide) groups is 1. The lowest BCUT2D eigenvalue weighted by Gasteiger charge is -2.20. The predicted molar refractivity (Wildman–Crippen MR) is 135 cm³/mol. The van der Waals surface area contributed by atoms with Gasteiger partial charge in [-0.1, -0.05) is 30.3 Å². The van der Waals surface area contributed by atoms with Crippen molar-refractivity contribution in [2.24, 2.45) is 0 Å². The number of pyridine rings is 1. The second-order valence-corrected chi connectivity index (χ2v) is 9.40. The Balaban J connectivity index is 1.65. The molecular weight excluding hydrogens is 444 g/mol. The minimum absolute atomic E-state index is 0.124. The van der Waals surface area contributed by atoms with E-state index < -0.39 is 0 Å². The number of aromatic nitrogens is 6. The van der Waals surface area contributed by atoms with Crippen LogP contribution in [-0.4, -0.2) is 35.4 Å². The summed E-state index contributed by atoms with van der Waals surface area (Å²) in [6.45, 7) is 0. The third-order valence-electron chi connectivity index (χ3n) is 6.70. The second-order valence-electron chi connectivity index (χ2n) is 8.60. The quantitative estimate of drug-likeness (QED) is 0.272. The fourth-order valence-electron chi connectivity index (χ4n) is 5.13. The van der Waals surface area contributed by atoms with Crippen molar-refractivity contribution in [2.75, 3.05) is 6.26 Å². The molecule has 0 fully saturated rings. The first-order chi connectivity index (χ1) is 16.7. The zero-order chi connectivity index (χ0) is 22.8. The molecule has 4 heterocycles. The van der Waals surface area contributed by atoms with Crippen molar-refractivity contribution in [3.05, 3.63) is 76.5 Å². The first-order valence-corrected chi connectivity index (χ1v) is 12.6. The van der Waals surface area contributed by atoms with Crippen LogP contribution in [0.5, 0.6) is 0 Å². The van der Waals surface area contributed by atoms with Crippen LogP contribution in [0, 0.1) is 0 Å². The molecule has 34 heavy (non-hydrogen) atoms. The summed E-state index contributed by atoms with van der Waals surface area (Å²) in [4.78, 5) is 27.8. The van der Waals surface area contributed by atoms with Crippen LogP contribution in [0.2, 0.25) is 0 Å². The Kier molecular flexibility index (Phi) is 4.26. The maximum absolute atomic E-state index is 13.2. The van der Waals surface area contributed by atoms with Crippen LogP contribution in [0.3, 0.4) is 0 Å². The minimum atomic E-state index is -0.124. The van der Waals surface area contributed by atoms with E-state index in [1.165, 1.54) is 21.7 Å². The summed E-state index contributed by atoms with van der Waals surface area (Å²) in [6.07, 6.45) is 7.80. The summed E-state index contributed by atoms with van der Waals surface area (Å²) in [5.41, 5.74) is 6.24. The fourth-order valence-corrected chi connectivity index (χ4v) is 5.68. The molecule has 166 valence electrons. The molecule has 4 aromatic heterocycles. The molecule has 0 spiro atoms. The van der Waals surface area contributed by atoms with Crippen molar-refractivity contribution in [3.63, 3.8) is 0 Å². The van der Waals surface area contributed by atoms with E-state index in [-0.39, 0.29) is 5.56 Å². The first kappa shape index (κ1) is 19.7. The number of hydrogen-bond acceptors (Lipinski definition) is 6. The number of aryl methyl sites for hydroxylation is 1. The molecule has 0 saturated carbocycles. The molecule has 6 aromatic rings. The van der Waals surface area contributed by atoms with Crippen LogP contribution >= 0.6 is 11.8 Å². The normalized spacial score (nSPS) is 13.8. The minimum Gasteiger partial charge on any atom is -0.268 e. The van der Waals surface area contributed by atoms with E-state index >= 15 is 0 Å². The fraction of sp³-hybridized carbons (Fsp3) is 0.192. The average Bonchev–Trinajstić information content (AvgIpc) is 3.26. The molecule has 0 saturated heterocycles. The van der Waals surface area contributed by atoms with Gasteiger partial charge in [0.1, 0.15) is 11.4 Å². The third-order valence-corrected chi connectivity index (χ3v) is 7.37. The Morgan fingerprint density at radius 1 is 0.882 bits per heavy atom. The molecule has 0 amide bonds. The third kappa shape index (κ3) is 2.69. The van der Waals surface area contributed by atoms with Gasteiger partial charge in [0.2, 0.25) is 0 Å². The van der Waals surface area contributed by atoms with E-state index in [0.717, 1.165) is 58.4 Å². The number of hydrogen-bond donors (Lipinski definition) is 0. The van der Waals surface area contributed by atoms with Crippen molar-refractivity contribution < 1.29 is 0 Å². The Morgan fingerprint density at radius 3 is 2.44 bits per heavy atom. The van der Waals surface area contributed by atoms with E-state index in [0.29, 0.717) is 22.2 Å². The van der Waals surface area contributed by atoms with Gasteiger partial charge in [-0.2, -0.15) is 5.10 Å². The van der Waals surface area contributed by atoms with E-state index in [1.54, 1.807) is 12.4 Å². The van der Waals surface area contributed by atoms with Gasteiger partial charge in [-0.3, -0.25) is 9.78 Å². The molecule has 0 radical (unpaired) electrons. The van der Waals surface area contributed by atoms with Crippen LogP contribution in [0.25, 0.3) is 44.2 Å². The van der Waals surface area contributed by atoms with Gasteiger partial charge in [-0.05, 0) is 50.1 Å². The highest BCUT2D eigenvalue weighted by Crippen LogP contribution is 2.36. The highest BCUT2D eigenvalue weighted by atomic mass is 32.2. The van der Waals surface area contributed by atoms with Crippen LogP contribution in [0.15, 0.2) is 64.7 Å². The number of para-hydroxylation sites is 2. The summed E-state index contributed by atoms with van der Waals surface area (Å²) < 4.78 is 3.49. The van der Waals surface area contributed by atoms with Crippen molar-refractivity contribution >= 4 is 50.2 Å². The van der Waals surface area contributed by atoms with Crippen molar-refractivity contribution in [2.45, 2.75) is 30.7 Å². The standard InChI is InChI=1S/C26H20N6OS/c1-34-25-21-23(27-14-31-24(21)29-20-13-7-4-10-17(20)26(31)33)32(30-25)22-15-8-2-5-11-18(15)28-19-12-6-3-9-16(19)22/h2,4-5,7-8,10-11,13-14H,3,6,9,12H2,1H3. The van der Waals surface area contributed by atoms with Gasteiger partial charge in [-0.25, -0.2) is 19.1 Å². The van der Waals surface area contributed by atoms with Gasteiger partial charge in [0, 0.05) is 16.6 Å². The predicted octanol–water partition coefficient (Wildman–Crippen LogP) is 4.73. The monoisotopic (exact) mass is 464 g/mol. The van der Waals surface area contributed by atoms with Crippen molar-refractivity contribution in [3.8, 4) is 5.69 Å². The lowest BCUT2D eigenvalue weighted by molar-refractivity contribution is 0.663. The van der Waals surface area contributed by atoms with Crippen molar-refractivity contribution in [1.82, 2.24) is 29.1 Å². The molecule has 7 rings (SSSR count). The maximum Gasteiger partial charge on any atom is 0.266 e. The Morgan fingerprint density at radius 2 is 1.62 bits per heavy atom. The molecule has 0 unspecified atom stereocenters. The van der Waals surface area contributed by atoms with Crippen LogP contribution in [-0.2, 0) is 12.8 Å². The van der Waals surface area contributed by atoms with E-state index in [1.807, 2.05) is 41.3 Å². The summed E-state index contributed by atoms with van der Waals surface area (Å²) in [6, 6.07) is 15.7. The molecular formula is C26H20N6OS. The highest BCUT2D eigenvalue weighted by molar-refractivity contribution is 7.98. The zero-order valence-corrected chi connectivity index (χ0v) is 19.3. The summed E-state index contributed by atoms with van der Waals surface area (Å²) in [5.74, 6) is 0. The highest BCUT2D eigenvalue weighted by Gasteiger charge is 2.24. The van der Waals surface area contributed by atoms with Gasteiger partial charge in [0.15, 0.2) is 11.3 Å². The molecule has 0 bridgehead atoms. The largest absolute Gasteiger partial charge is 0.268 e. The Labute approximate surface area is 198 Å². The van der Waals surface area contributed by atoms with Gasteiger partial charge < -0.3 is 0 Å². The Hall–Kier alpha value is -3.78. The van der Waals surface area contributed by atoms with E-state index in [9.17, 15) is 4.79 Å². The van der Waals surface area contributed by atoms with Gasteiger partial charge in [-0.15, -0.1) is 11.8 Å². The summed E-state index contributed by atoms with van der Waals surface area (Å²) in [7, 11) is 0. The molecule has 1 aliphatic rings. The smallest absolute Gasteiger partial charge is 0.266 e. The van der Waals surface area contributed by atoms with E-state index in [4.69, 9.17) is 20.1 Å². The van der Waals surface area contributed by atoms with Crippen molar-refractivity contribution in [1.29, 1.82) is 0 Å². The molecule has 0 atom stereocenters. The van der Waals surface area contributed by atoms with Gasteiger partial charge in [0.25, 0.3) is 5.56 Å². The summed E-state index contributed by atoms with van der Waals surface area (Å²) >= 11 is 1.54. The maximum atomic E-state index is 13.2. The van der Waals surface area contributed by atoms with Crippen LogP contribution < -0.4 is 5.56 Å². The second kappa shape index (κ2) is 7.36. The topological polar surface area (TPSA) is 78.0 Å². The number of rotatable bonds is 2. The number of nitrogens with zero attached hydrogens (tertiary/aromatic N) is 6. The Bertz CT molecular complexity index is 1840. The first-order valence-electron chi connectivity index (χ1n) is 11.4. The number of fused-ring (bicyclic) bond motifs is 6. The average molecular weight is 465 g/mol. The zero-order valence-electron chi connectivity index (χ0n) is 18.5. The van der Waals surface area contributed by atoms with Crippen LogP contribution in [0.4, 0.5) is 0 Å². The lowest BCUT2D eigenvalue weighted by Crippen LogP contribution is -2.16. The van der Waals surface area contributed by atoms with Gasteiger partial charge in [0.05, 0.1) is 27.5 Å². The molecule has 7 nitrogen and oxygen atoms in total. The van der Waals surface area contributed by atoms with Gasteiger partial charge >= 0.3 is 0 Å². The molecule has 1 aliphatic carbocycles. The molecule has 2 aromatic carbocycles. The summed E-state index contributed by atoms with van der Waals surface area (Å²) in [5, 5.41) is 8.26. The molecule has 0 N–H and O–H groups in total. The molecule has 0 aliphatic heterocycles. The lowest BCUT2D eigenvalue weighted by atomic mass is 9.92. The molecule has 8 heteroatoms. The van der Waals surface area contributed by atoms with Crippen LogP contribution in [0.1, 0.15) is 24.1 Å². The van der Waals surface area contributed by atoms with E-state index in [2.05, 4.69) is 12.1 Å².